The molecule has 0 saturated carbocycles. The van der Waals surface area contributed by atoms with E-state index in [1.54, 1.807) is 24.8 Å². The largest absolute Gasteiger partial charge is 0.497 e. The number of fused-ring (bicyclic) bond motifs is 3. The first-order chi connectivity index (χ1) is 14.8. The lowest BCUT2D eigenvalue weighted by molar-refractivity contribution is 0.223. The predicted octanol–water partition coefficient (Wildman–Crippen LogP) is 4.91. The Bertz CT molecular complexity index is 1260. The van der Waals surface area contributed by atoms with Crippen molar-refractivity contribution in [2.24, 2.45) is 0 Å². The van der Waals surface area contributed by atoms with Gasteiger partial charge in [-0.05, 0) is 35.7 Å². The van der Waals surface area contributed by atoms with Crippen molar-refractivity contribution >= 4 is 23.0 Å². The molecule has 0 aliphatic carbocycles. The first-order valence-electron chi connectivity index (χ1n) is 9.67. The lowest BCUT2D eigenvalue weighted by Gasteiger charge is -2.38. The molecule has 6 rings (SSSR count). The fourth-order valence-corrected chi connectivity index (χ4v) is 5.04. The van der Waals surface area contributed by atoms with Crippen LogP contribution in [0.2, 0.25) is 0 Å². The summed E-state index contributed by atoms with van der Waals surface area (Å²) < 4.78 is 14.0. The molecule has 0 fully saturated rings. The van der Waals surface area contributed by atoms with Gasteiger partial charge in [0.1, 0.15) is 30.0 Å². The van der Waals surface area contributed by atoms with E-state index in [0.29, 0.717) is 0 Å². The number of nitrogens with one attached hydrogen (secondary N) is 1. The summed E-state index contributed by atoms with van der Waals surface area (Å²) in [7, 11) is 1.68. The summed E-state index contributed by atoms with van der Waals surface area (Å²) in [5.74, 6) is 2.37. The Labute approximate surface area is 177 Å². The molecule has 2 atom stereocenters. The number of benzene rings is 2. The summed E-state index contributed by atoms with van der Waals surface area (Å²) in [6, 6.07) is 20.3. The van der Waals surface area contributed by atoms with E-state index in [9.17, 15) is 0 Å². The third kappa shape index (κ3) is 2.55. The summed E-state index contributed by atoms with van der Waals surface area (Å²) in [5, 5.41) is 10.1. The van der Waals surface area contributed by atoms with Gasteiger partial charge in [0, 0.05) is 21.6 Å². The zero-order valence-corrected chi connectivity index (χ0v) is 17.0. The molecule has 2 aromatic heterocycles. The van der Waals surface area contributed by atoms with Crippen LogP contribution in [0.4, 0.5) is 5.95 Å². The Kier molecular flexibility index (Phi) is 3.89. The second-order valence-corrected chi connectivity index (χ2v) is 8.15. The van der Waals surface area contributed by atoms with E-state index < -0.39 is 0 Å². The number of methoxy groups -OCH3 is 1. The summed E-state index contributed by atoms with van der Waals surface area (Å²) in [4.78, 5) is 5.64. The second kappa shape index (κ2) is 6.74. The molecule has 2 aliphatic heterocycles. The van der Waals surface area contributed by atoms with Gasteiger partial charge in [0.05, 0.1) is 12.8 Å². The molecule has 0 spiro atoms. The van der Waals surface area contributed by atoms with E-state index in [0.717, 1.165) is 39.8 Å². The van der Waals surface area contributed by atoms with Gasteiger partial charge in [-0.15, -0.1) is 11.3 Å². The predicted molar refractivity (Wildman–Crippen MR) is 116 cm³/mol. The SMILES string of the molecule is COc1cccc(C2Oc3ccccc3C3=C2C(c2cccs2)n2ncnc2N3)c1. The van der Waals surface area contributed by atoms with Gasteiger partial charge in [0.25, 0.3) is 0 Å². The number of hydrogen-bond acceptors (Lipinski definition) is 6. The van der Waals surface area contributed by atoms with Crippen LogP contribution in [0, 0.1) is 0 Å². The van der Waals surface area contributed by atoms with Gasteiger partial charge in [-0.3, -0.25) is 0 Å². The summed E-state index contributed by atoms with van der Waals surface area (Å²) >= 11 is 1.71. The fraction of sp³-hybridized carbons (Fsp3) is 0.130. The minimum atomic E-state index is -0.290. The molecule has 1 N–H and O–H groups in total. The molecule has 0 radical (unpaired) electrons. The van der Waals surface area contributed by atoms with Gasteiger partial charge in [-0.25, -0.2) is 4.68 Å². The quantitative estimate of drug-likeness (QED) is 0.516. The van der Waals surface area contributed by atoms with E-state index >= 15 is 0 Å². The number of aromatic nitrogens is 3. The van der Waals surface area contributed by atoms with E-state index in [1.165, 1.54) is 4.88 Å². The minimum absolute atomic E-state index is 0.108. The number of thiophene rings is 1. The Morgan fingerprint density at radius 3 is 2.90 bits per heavy atom. The summed E-state index contributed by atoms with van der Waals surface area (Å²) in [5.41, 5.74) is 4.21. The average Bonchev–Trinajstić information content (AvgIpc) is 3.49. The molecule has 0 bridgehead atoms. The van der Waals surface area contributed by atoms with Crippen LogP contribution < -0.4 is 14.8 Å². The van der Waals surface area contributed by atoms with Crippen molar-refractivity contribution in [3.05, 3.63) is 93.9 Å². The van der Waals surface area contributed by atoms with Crippen molar-refractivity contribution in [2.45, 2.75) is 12.1 Å². The molecule has 4 heterocycles. The number of hydrogen-bond donors (Lipinski definition) is 1. The molecule has 0 amide bonds. The van der Waals surface area contributed by atoms with Crippen LogP contribution in [0.15, 0.2) is 77.9 Å². The van der Waals surface area contributed by atoms with Crippen molar-refractivity contribution in [3.63, 3.8) is 0 Å². The van der Waals surface area contributed by atoms with Crippen LogP contribution in [0.1, 0.15) is 28.1 Å². The molecule has 2 aromatic carbocycles. The monoisotopic (exact) mass is 414 g/mol. The van der Waals surface area contributed by atoms with Gasteiger partial charge >= 0.3 is 0 Å². The third-order valence-corrected chi connectivity index (χ3v) is 6.46. The van der Waals surface area contributed by atoms with Crippen molar-refractivity contribution in [3.8, 4) is 11.5 Å². The maximum atomic E-state index is 6.60. The zero-order chi connectivity index (χ0) is 20.1. The zero-order valence-electron chi connectivity index (χ0n) is 16.1. The van der Waals surface area contributed by atoms with E-state index in [2.05, 4.69) is 45.0 Å². The van der Waals surface area contributed by atoms with Crippen LogP contribution in [0.25, 0.3) is 5.70 Å². The standard InChI is InChI=1S/C23H18N4O2S/c1-28-15-7-4-6-14(12-15)22-19-20(16-8-2-3-9-17(16)29-22)26-23-24-13-25-27(23)21(19)18-10-5-11-30-18/h2-13,21-22H,1H3,(H,24,25,26). The Balaban J connectivity index is 1.62. The van der Waals surface area contributed by atoms with Crippen molar-refractivity contribution in [1.82, 2.24) is 14.8 Å². The normalized spacial score (nSPS) is 19.2. The molecule has 30 heavy (non-hydrogen) atoms. The maximum Gasteiger partial charge on any atom is 0.226 e. The highest BCUT2D eigenvalue weighted by Crippen LogP contribution is 2.51. The van der Waals surface area contributed by atoms with Crippen LogP contribution in [-0.4, -0.2) is 21.9 Å². The number of ether oxygens (including phenoxy) is 2. The summed E-state index contributed by atoms with van der Waals surface area (Å²) in [6.07, 6.45) is 1.30. The number of nitrogens with zero attached hydrogens (tertiary/aromatic N) is 3. The second-order valence-electron chi connectivity index (χ2n) is 7.17. The fourth-order valence-electron chi connectivity index (χ4n) is 4.22. The highest BCUT2D eigenvalue weighted by atomic mass is 32.1. The molecule has 0 saturated heterocycles. The lowest BCUT2D eigenvalue weighted by Crippen LogP contribution is -2.32. The molecule has 2 unspecified atom stereocenters. The molecular weight excluding hydrogens is 396 g/mol. The smallest absolute Gasteiger partial charge is 0.226 e. The first kappa shape index (κ1) is 17.3. The van der Waals surface area contributed by atoms with Gasteiger partial charge in [0.2, 0.25) is 5.95 Å². The number of anilines is 1. The van der Waals surface area contributed by atoms with E-state index in [-0.39, 0.29) is 12.1 Å². The maximum absolute atomic E-state index is 6.60. The Morgan fingerprint density at radius 1 is 1.10 bits per heavy atom. The molecule has 148 valence electrons. The molecule has 2 aliphatic rings. The van der Waals surface area contributed by atoms with Gasteiger partial charge < -0.3 is 14.8 Å². The molecule has 7 heteroatoms. The topological polar surface area (TPSA) is 61.2 Å². The Morgan fingerprint density at radius 2 is 2.03 bits per heavy atom. The molecule has 4 aromatic rings. The van der Waals surface area contributed by atoms with Crippen molar-refractivity contribution in [1.29, 1.82) is 0 Å². The van der Waals surface area contributed by atoms with Gasteiger partial charge in [0.15, 0.2) is 0 Å². The van der Waals surface area contributed by atoms with Crippen LogP contribution in [0.5, 0.6) is 11.5 Å². The van der Waals surface area contributed by atoms with Crippen molar-refractivity contribution in [2.75, 3.05) is 12.4 Å². The van der Waals surface area contributed by atoms with Crippen LogP contribution in [-0.2, 0) is 0 Å². The van der Waals surface area contributed by atoms with Gasteiger partial charge in [-0.1, -0.05) is 30.3 Å². The average molecular weight is 414 g/mol. The van der Waals surface area contributed by atoms with Gasteiger partial charge in [-0.2, -0.15) is 10.1 Å². The Hall–Kier alpha value is -3.58. The minimum Gasteiger partial charge on any atom is -0.497 e. The van der Waals surface area contributed by atoms with Crippen LogP contribution >= 0.6 is 11.3 Å². The first-order valence-corrected chi connectivity index (χ1v) is 10.6. The molecular formula is C23H18N4O2S. The third-order valence-electron chi connectivity index (χ3n) is 5.53. The number of para-hydroxylation sites is 1. The summed E-state index contributed by atoms with van der Waals surface area (Å²) in [6.45, 7) is 0. The van der Waals surface area contributed by atoms with Crippen molar-refractivity contribution < 1.29 is 9.47 Å². The van der Waals surface area contributed by atoms with Crippen LogP contribution in [0.3, 0.4) is 0 Å². The highest BCUT2D eigenvalue weighted by Gasteiger charge is 2.41. The van der Waals surface area contributed by atoms with E-state index in [4.69, 9.17) is 9.47 Å². The molecule has 6 nitrogen and oxygen atoms in total. The lowest BCUT2D eigenvalue weighted by atomic mass is 9.87. The number of rotatable bonds is 3. The highest BCUT2D eigenvalue weighted by molar-refractivity contribution is 7.10. The van der Waals surface area contributed by atoms with E-state index in [1.807, 2.05) is 41.1 Å².